The fraction of sp³-hybridized carbons (Fsp3) is 0.391. The molecule has 12 heteroatoms. The molecule has 0 aliphatic carbocycles. The molecule has 2 aromatic rings. The number of nitrogens with one attached hydrogen (secondary N) is 1. The molecule has 0 saturated heterocycles. The summed E-state index contributed by atoms with van der Waals surface area (Å²) in [6.07, 6.45) is 0.958. The van der Waals surface area contributed by atoms with Crippen molar-refractivity contribution in [2.75, 3.05) is 23.7 Å². The molecule has 2 amide bonds. The summed E-state index contributed by atoms with van der Waals surface area (Å²) in [6, 6.07) is 8.42. The minimum absolute atomic E-state index is 0.00708. The van der Waals surface area contributed by atoms with Crippen LogP contribution in [0.5, 0.6) is 0 Å². The van der Waals surface area contributed by atoms with Crippen LogP contribution in [0.3, 0.4) is 0 Å². The van der Waals surface area contributed by atoms with Crippen LogP contribution >= 0.6 is 46.4 Å². The van der Waals surface area contributed by atoms with Gasteiger partial charge in [0.25, 0.3) is 0 Å². The predicted molar refractivity (Wildman–Crippen MR) is 143 cm³/mol. The molecule has 0 aliphatic heterocycles. The van der Waals surface area contributed by atoms with Gasteiger partial charge in [0, 0.05) is 13.1 Å². The third kappa shape index (κ3) is 8.15. The summed E-state index contributed by atoms with van der Waals surface area (Å²) >= 11 is 24.5. The van der Waals surface area contributed by atoms with Gasteiger partial charge < -0.3 is 10.2 Å². The minimum atomic E-state index is -3.93. The Morgan fingerprint density at radius 3 is 2.20 bits per heavy atom. The largest absolute Gasteiger partial charge is 0.354 e. The zero-order valence-corrected chi connectivity index (χ0v) is 23.5. The van der Waals surface area contributed by atoms with E-state index in [-0.39, 0.29) is 39.1 Å². The van der Waals surface area contributed by atoms with Crippen LogP contribution in [0.2, 0.25) is 20.1 Å². The molecule has 1 atom stereocenters. The standard InChI is InChI=1S/C23H27Cl4N3O4S/c1-14(2)11-28-23(32)15(3)29(12-16-8-9-17(24)19(26)10-16)21(31)13-30(35(4,33)34)20-7-5-6-18(25)22(20)27/h5-10,14-15H,11-13H2,1-4H3,(H,28,32). The Morgan fingerprint density at radius 1 is 0.971 bits per heavy atom. The number of nitrogens with zero attached hydrogens (tertiary/aromatic N) is 2. The zero-order chi connectivity index (χ0) is 26.5. The highest BCUT2D eigenvalue weighted by molar-refractivity contribution is 7.92. The molecule has 35 heavy (non-hydrogen) atoms. The second-order valence-electron chi connectivity index (χ2n) is 8.43. The Bertz CT molecular complexity index is 1190. The van der Waals surface area contributed by atoms with Crippen LogP contribution in [-0.2, 0) is 26.2 Å². The van der Waals surface area contributed by atoms with Gasteiger partial charge in [0.2, 0.25) is 21.8 Å². The quantitative estimate of drug-likeness (QED) is 0.414. The summed E-state index contributed by atoms with van der Waals surface area (Å²) in [4.78, 5) is 27.6. The van der Waals surface area contributed by atoms with Crippen LogP contribution in [-0.4, -0.2) is 50.5 Å². The highest BCUT2D eigenvalue weighted by Gasteiger charge is 2.31. The number of sulfonamides is 1. The minimum Gasteiger partial charge on any atom is -0.354 e. The van der Waals surface area contributed by atoms with Crippen molar-refractivity contribution in [1.29, 1.82) is 0 Å². The second-order valence-corrected chi connectivity index (χ2v) is 11.9. The lowest BCUT2D eigenvalue weighted by Crippen LogP contribution is -2.51. The number of carbonyl (C=O) groups is 2. The molecule has 7 nitrogen and oxygen atoms in total. The van der Waals surface area contributed by atoms with Crippen molar-refractivity contribution in [3.63, 3.8) is 0 Å². The van der Waals surface area contributed by atoms with Crippen molar-refractivity contribution in [1.82, 2.24) is 10.2 Å². The summed E-state index contributed by atoms with van der Waals surface area (Å²) in [7, 11) is -3.93. The Balaban J connectivity index is 2.43. The summed E-state index contributed by atoms with van der Waals surface area (Å²) in [5, 5.41) is 3.57. The Labute approximate surface area is 226 Å². The number of anilines is 1. The van der Waals surface area contributed by atoms with Crippen molar-refractivity contribution in [3.8, 4) is 0 Å². The van der Waals surface area contributed by atoms with Gasteiger partial charge in [-0.3, -0.25) is 13.9 Å². The van der Waals surface area contributed by atoms with Crippen LogP contribution in [0.4, 0.5) is 5.69 Å². The molecular weight excluding hydrogens is 556 g/mol. The lowest BCUT2D eigenvalue weighted by molar-refractivity contribution is -0.139. The zero-order valence-electron chi connectivity index (χ0n) is 19.7. The van der Waals surface area contributed by atoms with Gasteiger partial charge in [-0.1, -0.05) is 72.4 Å². The van der Waals surface area contributed by atoms with E-state index in [1.54, 1.807) is 25.1 Å². The molecule has 1 unspecified atom stereocenters. The average molecular weight is 583 g/mol. The highest BCUT2D eigenvalue weighted by Crippen LogP contribution is 2.34. The molecule has 2 rings (SSSR count). The van der Waals surface area contributed by atoms with Crippen LogP contribution in [0.25, 0.3) is 0 Å². The van der Waals surface area contributed by atoms with E-state index in [2.05, 4.69) is 5.32 Å². The first-order valence-electron chi connectivity index (χ1n) is 10.6. The maximum Gasteiger partial charge on any atom is 0.244 e. The van der Waals surface area contributed by atoms with Gasteiger partial charge in [-0.05, 0) is 42.7 Å². The Morgan fingerprint density at radius 2 is 1.63 bits per heavy atom. The van der Waals surface area contributed by atoms with Crippen LogP contribution in [0.15, 0.2) is 36.4 Å². The number of rotatable bonds is 10. The Kier molecular flexibility index (Phi) is 10.5. The van der Waals surface area contributed by atoms with E-state index in [0.717, 1.165) is 10.6 Å². The van der Waals surface area contributed by atoms with E-state index in [4.69, 9.17) is 46.4 Å². The summed E-state index contributed by atoms with van der Waals surface area (Å²) in [5.74, 6) is -0.792. The number of benzene rings is 2. The number of hydrogen-bond donors (Lipinski definition) is 1. The molecule has 0 spiro atoms. The first kappa shape index (κ1) is 29.5. The van der Waals surface area contributed by atoms with E-state index in [9.17, 15) is 18.0 Å². The molecule has 0 bridgehead atoms. The fourth-order valence-electron chi connectivity index (χ4n) is 3.15. The van der Waals surface area contributed by atoms with Gasteiger partial charge in [0.15, 0.2) is 0 Å². The molecule has 192 valence electrons. The maximum atomic E-state index is 13.5. The third-order valence-corrected chi connectivity index (χ3v) is 7.74. The molecule has 0 radical (unpaired) electrons. The smallest absolute Gasteiger partial charge is 0.244 e. The first-order valence-corrected chi connectivity index (χ1v) is 14.0. The van der Waals surface area contributed by atoms with Gasteiger partial charge in [-0.15, -0.1) is 0 Å². The van der Waals surface area contributed by atoms with Crippen molar-refractivity contribution >= 4 is 73.9 Å². The van der Waals surface area contributed by atoms with Crippen LogP contribution in [0, 0.1) is 5.92 Å². The molecule has 0 saturated carbocycles. The fourth-order valence-corrected chi connectivity index (χ4v) is 4.77. The van der Waals surface area contributed by atoms with Gasteiger partial charge in [-0.2, -0.15) is 0 Å². The van der Waals surface area contributed by atoms with E-state index in [0.29, 0.717) is 17.1 Å². The molecule has 0 heterocycles. The van der Waals surface area contributed by atoms with Crippen molar-refractivity contribution in [3.05, 3.63) is 62.1 Å². The van der Waals surface area contributed by atoms with Gasteiger partial charge in [-0.25, -0.2) is 8.42 Å². The van der Waals surface area contributed by atoms with Crippen molar-refractivity contribution < 1.29 is 18.0 Å². The monoisotopic (exact) mass is 581 g/mol. The topological polar surface area (TPSA) is 86.8 Å². The number of carbonyl (C=O) groups excluding carboxylic acids is 2. The number of hydrogen-bond acceptors (Lipinski definition) is 4. The Hall–Kier alpha value is -1.71. The third-order valence-electron chi connectivity index (χ3n) is 5.07. The molecular formula is C23H27Cl4N3O4S. The normalized spacial score (nSPS) is 12.4. The highest BCUT2D eigenvalue weighted by atomic mass is 35.5. The molecule has 0 aliphatic rings. The number of halogens is 4. The van der Waals surface area contributed by atoms with E-state index in [1.165, 1.54) is 23.1 Å². The maximum absolute atomic E-state index is 13.5. The predicted octanol–water partition coefficient (Wildman–Crippen LogP) is 5.26. The average Bonchev–Trinajstić information content (AvgIpc) is 2.77. The first-order chi connectivity index (χ1) is 16.2. The molecule has 1 N–H and O–H groups in total. The SMILES string of the molecule is CC(C)CNC(=O)C(C)N(Cc1ccc(Cl)c(Cl)c1)C(=O)CN(c1cccc(Cl)c1Cl)S(C)(=O)=O. The molecule has 2 aromatic carbocycles. The van der Waals surface area contributed by atoms with Gasteiger partial charge in [0.05, 0.1) is 32.0 Å². The second kappa shape index (κ2) is 12.5. The van der Waals surface area contributed by atoms with Crippen LogP contribution in [0.1, 0.15) is 26.3 Å². The summed E-state index contributed by atoms with van der Waals surface area (Å²) in [6.45, 7) is 5.28. The van der Waals surface area contributed by atoms with E-state index < -0.39 is 28.5 Å². The summed E-state index contributed by atoms with van der Waals surface area (Å²) < 4.78 is 26.1. The van der Waals surface area contributed by atoms with E-state index in [1.807, 2.05) is 13.8 Å². The van der Waals surface area contributed by atoms with E-state index >= 15 is 0 Å². The summed E-state index contributed by atoms with van der Waals surface area (Å²) in [5.41, 5.74) is 0.671. The lowest BCUT2D eigenvalue weighted by Gasteiger charge is -2.32. The van der Waals surface area contributed by atoms with Crippen LogP contribution < -0.4 is 9.62 Å². The van der Waals surface area contributed by atoms with Gasteiger partial charge in [0.1, 0.15) is 12.6 Å². The van der Waals surface area contributed by atoms with Crippen molar-refractivity contribution in [2.45, 2.75) is 33.4 Å². The van der Waals surface area contributed by atoms with Gasteiger partial charge >= 0.3 is 0 Å². The molecule has 0 aromatic heterocycles. The van der Waals surface area contributed by atoms with Crippen molar-refractivity contribution in [2.24, 2.45) is 5.92 Å². The lowest BCUT2D eigenvalue weighted by atomic mass is 10.1. The number of amides is 2. The molecule has 0 fully saturated rings.